The average molecular weight is 406 g/mol. The first-order valence-corrected chi connectivity index (χ1v) is 10.6. The Kier molecular flexibility index (Phi) is 5.96. The van der Waals surface area contributed by atoms with Crippen LogP contribution in [0.25, 0.3) is 10.8 Å². The van der Waals surface area contributed by atoms with Crippen molar-refractivity contribution in [2.75, 3.05) is 13.2 Å². The molecule has 2 aromatic carbocycles. The first-order valence-electron chi connectivity index (χ1n) is 9.73. The third kappa shape index (κ3) is 4.35. The van der Waals surface area contributed by atoms with E-state index in [0.29, 0.717) is 31.0 Å². The smallest absolute Gasteiger partial charge is 0.258 e. The summed E-state index contributed by atoms with van der Waals surface area (Å²) in [7, 11) is 0. The Balaban J connectivity index is 1.71. The minimum atomic E-state index is -0.0250. The SMILES string of the molecule is CCOc1ccc2ccccc2c1C(=O)N(CCc1cccs1)Cc1ccoc1. The van der Waals surface area contributed by atoms with Crippen LogP contribution >= 0.6 is 11.3 Å². The van der Waals surface area contributed by atoms with Crippen molar-refractivity contribution in [1.29, 1.82) is 0 Å². The van der Waals surface area contributed by atoms with Crippen molar-refractivity contribution in [3.05, 3.63) is 88.5 Å². The monoisotopic (exact) mass is 405 g/mol. The van der Waals surface area contributed by atoms with Crippen LogP contribution in [0.5, 0.6) is 5.75 Å². The number of benzene rings is 2. The Morgan fingerprint density at radius 2 is 2.00 bits per heavy atom. The predicted molar refractivity (Wildman–Crippen MR) is 117 cm³/mol. The number of furan rings is 1. The summed E-state index contributed by atoms with van der Waals surface area (Å²) >= 11 is 1.71. The molecular formula is C24H23NO3S. The Morgan fingerprint density at radius 3 is 2.76 bits per heavy atom. The highest BCUT2D eigenvalue weighted by Crippen LogP contribution is 2.30. The maximum absolute atomic E-state index is 13.8. The zero-order chi connectivity index (χ0) is 20.1. The molecule has 0 bridgehead atoms. The molecule has 0 aliphatic heterocycles. The van der Waals surface area contributed by atoms with Gasteiger partial charge in [-0.3, -0.25) is 4.79 Å². The Bertz CT molecular complexity index is 1070. The maximum atomic E-state index is 13.8. The summed E-state index contributed by atoms with van der Waals surface area (Å²) in [5, 5.41) is 4.01. The molecule has 0 saturated carbocycles. The number of carbonyl (C=O) groups excluding carboxylic acids is 1. The van der Waals surface area contributed by atoms with Gasteiger partial charge in [0.05, 0.1) is 24.7 Å². The van der Waals surface area contributed by atoms with Crippen LogP contribution in [0.15, 0.2) is 76.9 Å². The number of hydrogen-bond donors (Lipinski definition) is 0. The minimum absolute atomic E-state index is 0.0250. The number of rotatable bonds is 8. The highest BCUT2D eigenvalue weighted by atomic mass is 32.1. The van der Waals surface area contributed by atoms with Gasteiger partial charge in [-0.25, -0.2) is 0 Å². The fourth-order valence-electron chi connectivity index (χ4n) is 3.46. The summed E-state index contributed by atoms with van der Waals surface area (Å²) in [6, 6.07) is 17.9. The van der Waals surface area contributed by atoms with Crippen molar-refractivity contribution >= 4 is 28.0 Å². The minimum Gasteiger partial charge on any atom is -0.493 e. The van der Waals surface area contributed by atoms with E-state index in [1.807, 2.05) is 60.4 Å². The molecule has 4 nitrogen and oxygen atoms in total. The Labute approximate surface area is 174 Å². The van der Waals surface area contributed by atoms with Crippen molar-refractivity contribution < 1.29 is 13.9 Å². The second-order valence-corrected chi connectivity index (χ2v) is 7.81. The summed E-state index contributed by atoms with van der Waals surface area (Å²) in [5.74, 6) is 0.604. The maximum Gasteiger partial charge on any atom is 0.258 e. The fraction of sp³-hybridized carbons (Fsp3) is 0.208. The number of ether oxygens (including phenoxy) is 1. The van der Waals surface area contributed by atoms with Crippen molar-refractivity contribution in [3.63, 3.8) is 0 Å². The van der Waals surface area contributed by atoms with E-state index in [9.17, 15) is 4.79 Å². The summed E-state index contributed by atoms with van der Waals surface area (Å²) in [5.41, 5.74) is 1.60. The second kappa shape index (κ2) is 8.97. The van der Waals surface area contributed by atoms with Crippen LogP contribution in [-0.2, 0) is 13.0 Å². The molecule has 0 N–H and O–H groups in total. The highest BCUT2D eigenvalue weighted by Gasteiger charge is 2.23. The first kappa shape index (κ1) is 19.3. The molecule has 0 radical (unpaired) electrons. The number of fused-ring (bicyclic) bond motifs is 1. The molecule has 0 unspecified atom stereocenters. The van der Waals surface area contributed by atoms with Gasteiger partial charge in [-0.15, -0.1) is 11.3 Å². The Morgan fingerprint density at radius 1 is 1.10 bits per heavy atom. The van der Waals surface area contributed by atoms with Crippen LogP contribution in [0.2, 0.25) is 0 Å². The molecule has 2 aromatic heterocycles. The van der Waals surface area contributed by atoms with E-state index in [2.05, 4.69) is 11.4 Å². The zero-order valence-corrected chi connectivity index (χ0v) is 17.2. The van der Waals surface area contributed by atoms with Crippen molar-refractivity contribution in [2.45, 2.75) is 19.9 Å². The van der Waals surface area contributed by atoms with Gasteiger partial charge in [-0.05, 0) is 47.7 Å². The standard InChI is InChI=1S/C24H23NO3S/c1-2-28-22-10-9-19-6-3-4-8-21(19)23(22)24(26)25(16-18-12-14-27-17-18)13-11-20-7-5-15-29-20/h3-10,12,14-15,17H,2,11,13,16H2,1H3. The van der Waals surface area contributed by atoms with Gasteiger partial charge < -0.3 is 14.1 Å². The van der Waals surface area contributed by atoms with Crippen molar-refractivity contribution in [1.82, 2.24) is 4.90 Å². The molecule has 0 atom stereocenters. The molecular weight excluding hydrogens is 382 g/mol. The lowest BCUT2D eigenvalue weighted by Gasteiger charge is -2.24. The van der Waals surface area contributed by atoms with Gasteiger partial charge in [-0.2, -0.15) is 0 Å². The highest BCUT2D eigenvalue weighted by molar-refractivity contribution is 7.09. The van der Waals surface area contributed by atoms with Gasteiger partial charge in [0.2, 0.25) is 0 Å². The molecule has 0 fully saturated rings. The lowest BCUT2D eigenvalue weighted by molar-refractivity contribution is 0.0743. The number of nitrogens with zero attached hydrogens (tertiary/aromatic N) is 1. The van der Waals surface area contributed by atoms with Crippen molar-refractivity contribution in [2.24, 2.45) is 0 Å². The van der Waals surface area contributed by atoms with E-state index in [-0.39, 0.29) is 5.91 Å². The van der Waals surface area contributed by atoms with E-state index in [1.54, 1.807) is 23.9 Å². The molecule has 1 amide bonds. The molecule has 0 spiro atoms. The van der Waals surface area contributed by atoms with Gasteiger partial charge >= 0.3 is 0 Å². The quantitative estimate of drug-likeness (QED) is 0.373. The zero-order valence-electron chi connectivity index (χ0n) is 16.3. The topological polar surface area (TPSA) is 42.7 Å². The molecule has 29 heavy (non-hydrogen) atoms. The molecule has 0 aliphatic rings. The molecule has 0 saturated heterocycles. The van der Waals surface area contributed by atoms with Crippen LogP contribution in [-0.4, -0.2) is 24.0 Å². The number of carbonyl (C=O) groups is 1. The molecule has 4 aromatic rings. The summed E-state index contributed by atoms with van der Waals surface area (Å²) in [6.07, 6.45) is 4.15. The summed E-state index contributed by atoms with van der Waals surface area (Å²) < 4.78 is 11.1. The van der Waals surface area contributed by atoms with E-state index < -0.39 is 0 Å². The normalized spacial score (nSPS) is 10.9. The lowest BCUT2D eigenvalue weighted by atomic mass is 10.0. The summed E-state index contributed by atoms with van der Waals surface area (Å²) in [6.45, 7) is 3.56. The van der Waals surface area contributed by atoms with Gasteiger partial charge in [0, 0.05) is 23.5 Å². The van der Waals surface area contributed by atoms with Crippen LogP contribution in [0.4, 0.5) is 0 Å². The fourth-order valence-corrected chi connectivity index (χ4v) is 4.16. The van der Waals surface area contributed by atoms with E-state index >= 15 is 0 Å². The van der Waals surface area contributed by atoms with E-state index in [4.69, 9.17) is 9.15 Å². The van der Waals surface area contributed by atoms with Crippen LogP contribution < -0.4 is 4.74 Å². The van der Waals surface area contributed by atoms with Crippen molar-refractivity contribution in [3.8, 4) is 5.75 Å². The first-order chi connectivity index (χ1) is 14.3. The molecule has 0 aliphatic carbocycles. The average Bonchev–Trinajstić information content (AvgIpc) is 3.45. The lowest BCUT2D eigenvalue weighted by Crippen LogP contribution is -2.32. The molecule has 5 heteroatoms. The molecule has 148 valence electrons. The van der Waals surface area contributed by atoms with Gasteiger partial charge in [0.1, 0.15) is 5.75 Å². The second-order valence-electron chi connectivity index (χ2n) is 6.78. The summed E-state index contributed by atoms with van der Waals surface area (Å²) in [4.78, 5) is 16.9. The third-order valence-electron chi connectivity index (χ3n) is 4.85. The van der Waals surface area contributed by atoms with E-state index in [1.165, 1.54) is 4.88 Å². The van der Waals surface area contributed by atoms with Crippen LogP contribution in [0.3, 0.4) is 0 Å². The van der Waals surface area contributed by atoms with Crippen LogP contribution in [0.1, 0.15) is 27.7 Å². The van der Waals surface area contributed by atoms with E-state index in [0.717, 1.165) is 22.8 Å². The largest absolute Gasteiger partial charge is 0.493 e. The number of hydrogen-bond acceptors (Lipinski definition) is 4. The predicted octanol–water partition coefficient (Wildman–Crippen LogP) is 5.78. The van der Waals surface area contributed by atoms with Gasteiger partial charge in [0.25, 0.3) is 5.91 Å². The Hall–Kier alpha value is -3.05. The van der Waals surface area contributed by atoms with Gasteiger partial charge in [-0.1, -0.05) is 36.4 Å². The molecule has 4 rings (SSSR count). The molecule has 2 heterocycles. The third-order valence-corrected chi connectivity index (χ3v) is 5.79. The van der Waals surface area contributed by atoms with Gasteiger partial charge in [0.15, 0.2) is 0 Å². The number of thiophene rings is 1. The van der Waals surface area contributed by atoms with Crippen LogP contribution in [0, 0.1) is 0 Å². The number of amides is 1.